The van der Waals surface area contributed by atoms with Crippen LogP contribution in [0.4, 0.5) is 0 Å². The summed E-state index contributed by atoms with van der Waals surface area (Å²) in [4.78, 5) is 0. The third-order valence-electron chi connectivity index (χ3n) is 1.99. The number of unbranched alkanes of at least 4 members (excludes halogenated alkanes) is 2. The van der Waals surface area contributed by atoms with E-state index in [-0.39, 0.29) is 0 Å². The maximum atomic E-state index is 5.56. The molecule has 0 radical (unpaired) electrons. The molecule has 1 nitrogen and oxygen atoms in total. The Morgan fingerprint density at radius 3 is 2.31 bits per heavy atom. The first-order chi connectivity index (χ1) is 6.27. The number of hydrogen-bond acceptors (Lipinski definition) is 1. The van der Waals surface area contributed by atoms with E-state index in [2.05, 4.69) is 13.8 Å². The van der Waals surface area contributed by atoms with Gasteiger partial charge in [0, 0.05) is 19.1 Å². The van der Waals surface area contributed by atoms with Gasteiger partial charge in [-0.05, 0) is 38.0 Å². The quantitative estimate of drug-likeness (QED) is 0.411. The summed E-state index contributed by atoms with van der Waals surface area (Å²) < 4.78 is 5.49. The van der Waals surface area contributed by atoms with Crippen LogP contribution in [0.25, 0.3) is 0 Å². The number of alkyl halides is 1. The Kier molecular flexibility index (Phi) is 10.5. The van der Waals surface area contributed by atoms with Crippen molar-refractivity contribution in [2.24, 2.45) is 5.92 Å². The van der Waals surface area contributed by atoms with Gasteiger partial charge in [0.1, 0.15) is 0 Å². The van der Waals surface area contributed by atoms with E-state index in [1.54, 1.807) is 0 Å². The molecular weight excluding hydrogens is 184 g/mol. The van der Waals surface area contributed by atoms with Gasteiger partial charge in [-0.15, -0.1) is 11.6 Å². The van der Waals surface area contributed by atoms with Gasteiger partial charge < -0.3 is 4.74 Å². The van der Waals surface area contributed by atoms with E-state index < -0.39 is 0 Å². The van der Waals surface area contributed by atoms with E-state index >= 15 is 0 Å². The van der Waals surface area contributed by atoms with Crippen molar-refractivity contribution < 1.29 is 4.74 Å². The van der Waals surface area contributed by atoms with Crippen LogP contribution in [0.3, 0.4) is 0 Å². The lowest BCUT2D eigenvalue weighted by Gasteiger charge is -2.05. The van der Waals surface area contributed by atoms with E-state index in [4.69, 9.17) is 16.3 Å². The van der Waals surface area contributed by atoms with Gasteiger partial charge in [0.2, 0.25) is 0 Å². The molecule has 0 unspecified atom stereocenters. The third kappa shape index (κ3) is 12.2. The molecule has 0 rings (SSSR count). The molecule has 0 aliphatic carbocycles. The largest absolute Gasteiger partial charge is 0.381 e. The molecule has 13 heavy (non-hydrogen) atoms. The number of halogens is 1. The molecule has 0 bridgehead atoms. The summed E-state index contributed by atoms with van der Waals surface area (Å²) in [6.07, 6.45) is 5.97. The highest BCUT2D eigenvalue weighted by atomic mass is 35.5. The Labute approximate surface area is 87.8 Å². The Balaban J connectivity index is 2.84. The van der Waals surface area contributed by atoms with Crippen LogP contribution in [0.2, 0.25) is 0 Å². The molecule has 0 heterocycles. The Bertz CT molecular complexity index is 94.1. The average Bonchev–Trinajstić information content (AvgIpc) is 2.09. The zero-order valence-electron chi connectivity index (χ0n) is 9.02. The summed E-state index contributed by atoms with van der Waals surface area (Å²) in [7, 11) is 0. The maximum Gasteiger partial charge on any atom is 0.0466 e. The minimum atomic E-state index is 0.785. The fourth-order valence-electron chi connectivity index (χ4n) is 1.17. The smallest absolute Gasteiger partial charge is 0.0466 e. The van der Waals surface area contributed by atoms with Crippen molar-refractivity contribution in [3.63, 3.8) is 0 Å². The molecule has 0 atom stereocenters. The van der Waals surface area contributed by atoms with E-state index in [1.807, 2.05) is 0 Å². The van der Waals surface area contributed by atoms with Crippen molar-refractivity contribution in [3.8, 4) is 0 Å². The van der Waals surface area contributed by atoms with Crippen molar-refractivity contribution >= 4 is 11.6 Å². The van der Waals surface area contributed by atoms with Gasteiger partial charge in [0.25, 0.3) is 0 Å². The SMILES string of the molecule is CC(C)CCCOCCCCCCl. The van der Waals surface area contributed by atoms with Crippen molar-refractivity contribution in [1.29, 1.82) is 0 Å². The molecule has 0 saturated carbocycles. The molecule has 2 heteroatoms. The van der Waals surface area contributed by atoms with Crippen LogP contribution in [0.15, 0.2) is 0 Å². The zero-order valence-corrected chi connectivity index (χ0v) is 9.78. The molecule has 0 amide bonds. The standard InChI is InChI=1S/C11H23ClO/c1-11(2)7-6-10-13-9-5-3-4-8-12/h11H,3-10H2,1-2H3. The van der Waals surface area contributed by atoms with Crippen LogP contribution >= 0.6 is 11.6 Å². The van der Waals surface area contributed by atoms with Gasteiger partial charge in [0.15, 0.2) is 0 Å². The number of rotatable bonds is 9. The second-order valence-electron chi connectivity index (χ2n) is 3.90. The van der Waals surface area contributed by atoms with Gasteiger partial charge in [-0.25, -0.2) is 0 Å². The topological polar surface area (TPSA) is 9.23 Å². The highest BCUT2D eigenvalue weighted by molar-refractivity contribution is 6.17. The van der Waals surface area contributed by atoms with Crippen LogP contribution in [0.1, 0.15) is 46.0 Å². The van der Waals surface area contributed by atoms with Crippen LogP contribution in [0.5, 0.6) is 0 Å². The maximum absolute atomic E-state index is 5.56. The van der Waals surface area contributed by atoms with Crippen molar-refractivity contribution in [2.75, 3.05) is 19.1 Å². The first-order valence-corrected chi connectivity index (χ1v) is 5.94. The summed E-state index contributed by atoms with van der Waals surface area (Å²) in [6, 6.07) is 0. The summed E-state index contributed by atoms with van der Waals surface area (Å²) in [5.74, 6) is 1.59. The summed E-state index contributed by atoms with van der Waals surface area (Å²) >= 11 is 5.56. The second-order valence-corrected chi connectivity index (χ2v) is 4.28. The molecule has 0 aromatic carbocycles. The number of ether oxygens (including phenoxy) is 1. The minimum absolute atomic E-state index is 0.785. The normalized spacial score (nSPS) is 11.1. The van der Waals surface area contributed by atoms with Gasteiger partial charge in [0.05, 0.1) is 0 Å². The average molecular weight is 207 g/mol. The zero-order chi connectivity index (χ0) is 9.94. The van der Waals surface area contributed by atoms with Crippen molar-refractivity contribution in [1.82, 2.24) is 0 Å². The molecule has 0 aromatic rings. The summed E-state index contributed by atoms with van der Waals surface area (Å²) in [5.41, 5.74) is 0. The molecular formula is C11H23ClO. The lowest BCUT2D eigenvalue weighted by atomic mass is 10.1. The molecule has 80 valence electrons. The molecule has 0 aliphatic heterocycles. The molecule has 0 spiro atoms. The van der Waals surface area contributed by atoms with E-state index in [1.165, 1.54) is 19.3 Å². The minimum Gasteiger partial charge on any atom is -0.381 e. The lowest BCUT2D eigenvalue weighted by Crippen LogP contribution is -1.99. The first kappa shape index (κ1) is 13.2. The Hall–Kier alpha value is 0.250. The lowest BCUT2D eigenvalue weighted by molar-refractivity contribution is 0.124. The number of hydrogen-bond donors (Lipinski definition) is 0. The Morgan fingerprint density at radius 2 is 1.69 bits per heavy atom. The third-order valence-corrected chi connectivity index (χ3v) is 2.26. The summed E-state index contributed by atoms with van der Waals surface area (Å²) in [6.45, 7) is 6.34. The predicted molar refractivity (Wildman–Crippen MR) is 59.5 cm³/mol. The van der Waals surface area contributed by atoms with E-state index in [9.17, 15) is 0 Å². The summed E-state index contributed by atoms with van der Waals surface area (Å²) in [5, 5.41) is 0. The fraction of sp³-hybridized carbons (Fsp3) is 1.00. The molecule has 0 saturated heterocycles. The van der Waals surface area contributed by atoms with Crippen LogP contribution in [0, 0.1) is 5.92 Å². The Morgan fingerprint density at radius 1 is 1.00 bits per heavy atom. The van der Waals surface area contributed by atoms with Crippen LogP contribution < -0.4 is 0 Å². The second kappa shape index (κ2) is 10.3. The highest BCUT2D eigenvalue weighted by Crippen LogP contribution is 2.04. The van der Waals surface area contributed by atoms with Crippen LogP contribution in [-0.4, -0.2) is 19.1 Å². The predicted octanol–water partition coefficient (Wildman–Crippen LogP) is 3.85. The fourth-order valence-corrected chi connectivity index (χ4v) is 1.36. The van der Waals surface area contributed by atoms with Crippen LogP contribution in [-0.2, 0) is 4.74 Å². The van der Waals surface area contributed by atoms with Gasteiger partial charge in [-0.3, -0.25) is 0 Å². The molecule has 0 aliphatic rings. The molecule has 0 N–H and O–H groups in total. The first-order valence-electron chi connectivity index (χ1n) is 5.41. The molecule has 0 fully saturated rings. The van der Waals surface area contributed by atoms with Gasteiger partial charge >= 0.3 is 0 Å². The van der Waals surface area contributed by atoms with Crippen molar-refractivity contribution in [3.05, 3.63) is 0 Å². The van der Waals surface area contributed by atoms with Gasteiger partial charge in [-0.2, -0.15) is 0 Å². The van der Waals surface area contributed by atoms with E-state index in [0.717, 1.165) is 37.9 Å². The van der Waals surface area contributed by atoms with Crippen molar-refractivity contribution in [2.45, 2.75) is 46.0 Å². The monoisotopic (exact) mass is 206 g/mol. The highest BCUT2D eigenvalue weighted by Gasteiger charge is 1.94. The molecule has 0 aromatic heterocycles. The van der Waals surface area contributed by atoms with E-state index in [0.29, 0.717) is 0 Å². The van der Waals surface area contributed by atoms with Gasteiger partial charge in [-0.1, -0.05) is 13.8 Å².